The van der Waals surface area contributed by atoms with Gasteiger partial charge >= 0.3 is 5.63 Å². The second-order valence-corrected chi connectivity index (χ2v) is 8.13. The van der Waals surface area contributed by atoms with Crippen LogP contribution in [0.15, 0.2) is 51.8 Å². The first-order valence-corrected chi connectivity index (χ1v) is 9.77. The largest absolute Gasteiger partial charge is 0.507 e. The molecule has 5 nitrogen and oxygen atoms in total. The topological polar surface area (TPSA) is 66.6 Å². The smallest absolute Gasteiger partial charge is 0.345 e. The van der Waals surface area contributed by atoms with Crippen LogP contribution in [-0.2, 0) is 6.54 Å². The Hall–Kier alpha value is -2.66. The highest BCUT2D eigenvalue weighted by molar-refractivity contribution is 5.85. The zero-order valence-electron chi connectivity index (χ0n) is 17.0. The molecular formula is C23H28N2O3. The van der Waals surface area contributed by atoms with Crippen molar-refractivity contribution in [1.29, 1.82) is 0 Å². The molecule has 0 bridgehead atoms. The Labute approximate surface area is 165 Å². The standard InChI is InChI=1S/C23H28N2O3/c1-15(2)12-25(13-16(3)4)14-19-21(26)9-8-17-11-18(23(27)28-22(17)19)20-7-5-6-10-24-20/h5-11,15-16,26H,12-14H2,1-4H3. The fourth-order valence-corrected chi connectivity index (χ4v) is 3.55. The number of benzene rings is 1. The lowest BCUT2D eigenvalue weighted by Crippen LogP contribution is -2.31. The molecule has 2 aromatic heterocycles. The average Bonchev–Trinajstić information content (AvgIpc) is 2.63. The number of rotatable bonds is 7. The van der Waals surface area contributed by atoms with Crippen molar-refractivity contribution in [2.24, 2.45) is 11.8 Å². The first kappa shape index (κ1) is 20.1. The molecule has 0 aliphatic rings. The number of phenols is 1. The Morgan fingerprint density at radius 1 is 1.07 bits per heavy atom. The number of hydrogen-bond acceptors (Lipinski definition) is 5. The molecule has 1 aromatic carbocycles. The van der Waals surface area contributed by atoms with Crippen LogP contribution in [0.25, 0.3) is 22.2 Å². The van der Waals surface area contributed by atoms with Gasteiger partial charge in [0.2, 0.25) is 0 Å². The molecule has 0 saturated carbocycles. The molecule has 148 valence electrons. The Morgan fingerprint density at radius 2 is 1.79 bits per heavy atom. The molecule has 3 aromatic rings. The van der Waals surface area contributed by atoms with Crippen molar-refractivity contribution in [3.05, 3.63) is 58.6 Å². The normalized spacial score (nSPS) is 11.8. The van der Waals surface area contributed by atoms with E-state index in [1.165, 1.54) is 0 Å². The van der Waals surface area contributed by atoms with Gasteiger partial charge in [0.1, 0.15) is 11.3 Å². The summed E-state index contributed by atoms with van der Waals surface area (Å²) in [7, 11) is 0. The summed E-state index contributed by atoms with van der Waals surface area (Å²) in [4.78, 5) is 19.2. The lowest BCUT2D eigenvalue weighted by molar-refractivity contribution is 0.209. The SMILES string of the molecule is CC(C)CN(Cc1c(O)ccc2cc(-c3ccccn3)c(=O)oc12)CC(C)C. The molecule has 1 N–H and O–H groups in total. The van der Waals surface area contributed by atoms with Crippen molar-refractivity contribution < 1.29 is 9.52 Å². The summed E-state index contributed by atoms with van der Waals surface area (Å²) in [6, 6.07) is 10.7. The van der Waals surface area contributed by atoms with Gasteiger partial charge in [-0.3, -0.25) is 9.88 Å². The number of nitrogens with zero attached hydrogens (tertiary/aromatic N) is 2. The third-order valence-electron chi connectivity index (χ3n) is 4.55. The van der Waals surface area contributed by atoms with Crippen LogP contribution in [0.3, 0.4) is 0 Å². The van der Waals surface area contributed by atoms with Crippen molar-refractivity contribution in [2.45, 2.75) is 34.2 Å². The minimum Gasteiger partial charge on any atom is -0.507 e. The third kappa shape index (κ3) is 4.60. The molecule has 28 heavy (non-hydrogen) atoms. The highest BCUT2D eigenvalue weighted by Gasteiger charge is 2.18. The van der Waals surface area contributed by atoms with Gasteiger partial charge in [0.25, 0.3) is 0 Å². The van der Waals surface area contributed by atoms with E-state index >= 15 is 0 Å². The summed E-state index contributed by atoms with van der Waals surface area (Å²) in [5.74, 6) is 1.15. The molecular weight excluding hydrogens is 352 g/mol. The van der Waals surface area contributed by atoms with Gasteiger partial charge in [-0.15, -0.1) is 0 Å². The number of phenolic OH excluding ortho intramolecular Hbond substituents is 1. The van der Waals surface area contributed by atoms with E-state index < -0.39 is 5.63 Å². The van der Waals surface area contributed by atoms with Crippen LogP contribution in [0.4, 0.5) is 0 Å². The van der Waals surface area contributed by atoms with Crippen molar-refractivity contribution in [2.75, 3.05) is 13.1 Å². The van der Waals surface area contributed by atoms with E-state index in [9.17, 15) is 9.90 Å². The number of aromatic hydroxyl groups is 1. The van der Waals surface area contributed by atoms with Crippen LogP contribution in [0.1, 0.15) is 33.3 Å². The minimum absolute atomic E-state index is 0.152. The van der Waals surface area contributed by atoms with Crippen molar-refractivity contribution >= 4 is 11.0 Å². The van der Waals surface area contributed by atoms with Gasteiger partial charge in [0, 0.05) is 31.2 Å². The number of hydrogen-bond donors (Lipinski definition) is 1. The average molecular weight is 380 g/mol. The Bertz CT molecular complexity index is 984. The van der Waals surface area contributed by atoms with Crippen molar-refractivity contribution in [3.63, 3.8) is 0 Å². The van der Waals surface area contributed by atoms with Gasteiger partial charge in [-0.25, -0.2) is 4.79 Å². The van der Waals surface area contributed by atoms with Gasteiger partial charge < -0.3 is 9.52 Å². The molecule has 0 radical (unpaired) electrons. The molecule has 0 atom stereocenters. The summed E-state index contributed by atoms with van der Waals surface area (Å²) in [5.41, 5.74) is 1.66. The Balaban J connectivity index is 2.06. The second-order valence-electron chi connectivity index (χ2n) is 8.13. The van der Waals surface area contributed by atoms with E-state index in [1.54, 1.807) is 36.5 Å². The summed E-state index contributed by atoms with van der Waals surface area (Å²) < 4.78 is 5.69. The van der Waals surface area contributed by atoms with Gasteiger partial charge in [-0.05, 0) is 42.2 Å². The maximum absolute atomic E-state index is 12.6. The molecule has 2 heterocycles. The molecule has 0 amide bonds. The highest BCUT2D eigenvalue weighted by atomic mass is 16.4. The van der Waals surface area contributed by atoms with Gasteiger partial charge in [0.05, 0.1) is 16.8 Å². The lowest BCUT2D eigenvalue weighted by Gasteiger charge is -2.26. The molecule has 0 unspecified atom stereocenters. The quantitative estimate of drug-likeness (QED) is 0.603. The lowest BCUT2D eigenvalue weighted by atomic mass is 10.0. The summed E-state index contributed by atoms with van der Waals surface area (Å²) >= 11 is 0. The maximum Gasteiger partial charge on any atom is 0.345 e. The first-order chi connectivity index (χ1) is 13.3. The predicted molar refractivity (Wildman–Crippen MR) is 112 cm³/mol. The minimum atomic E-state index is -0.447. The fraction of sp³-hybridized carbons (Fsp3) is 0.391. The molecule has 5 heteroatoms. The molecule has 0 aliphatic carbocycles. The molecule has 0 aliphatic heterocycles. The van der Waals surface area contributed by atoms with Crippen molar-refractivity contribution in [1.82, 2.24) is 9.88 Å². The fourth-order valence-electron chi connectivity index (χ4n) is 3.55. The van der Waals surface area contributed by atoms with Crippen LogP contribution >= 0.6 is 0 Å². The monoisotopic (exact) mass is 380 g/mol. The van der Waals surface area contributed by atoms with E-state index in [1.807, 2.05) is 6.07 Å². The molecule has 0 spiro atoms. The van der Waals surface area contributed by atoms with E-state index in [0.717, 1.165) is 18.5 Å². The summed E-state index contributed by atoms with van der Waals surface area (Å²) in [6.07, 6.45) is 1.65. The van der Waals surface area contributed by atoms with E-state index in [2.05, 4.69) is 37.6 Å². The second kappa shape index (κ2) is 8.57. The van der Waals surface area contributed by atoms with Crippen LogP contribution < -0.4 is 5.63 Å². The Morgan fingerprint density at radius 3 is 2.39 bits per heavy atom. The van der Waals surface area contributed by atoms with Gasteiger partial charge in [0.15, 0.2) is 0 Å². The van der Waals surface area contributed by atoms with Crippen LogP contribution in [-0.4, -0.2) is 28.1 Å². The number of aromatic nitrogens is 1. The zero-order chi connectivity index (χ0) is 20.3. The maximum atomic E-state index is 12.6. The van der Waals surface area contributed by atoms with Crippen molar-refractivity contribution in [3.8, 4) is 17.0 Å². The van der Waals surface area contributed by atoms with Gasteiger partial charge in [-0.1, -0.05) is 33.8 Å². The van der Waals surface area contributed by atoms with E-state index in [4.69, 9.17) is 4.42 Å². The van der Waals surface area contributed by atoms with Gasteiger partial charge in [-0.2, -0.15) is 0 Å². The zero-order valence-corrected chi connectivity index (χ0v) is 17.0. The predicted octanol–water partition coefficient (Wildman–Crippen LogP) is 4.67. The van der Waals surface area contributed by atoms with Crippen LogP contribution in [0.5, 0.6) is 5.75 Å². The van der Waals surface area contributed by atoms with E-state index in [-0.39, 0.29) is 5.75 Å². The number of fused-ring (bicyclic) bond motifs is 1. The van der Waals surface area contributed by atoms with Crippen LogP contribution in [0.2, 0.25) is 0 Å². The number of pyridine rings is 1. The summed E-state index contributed by atoms with van der Waals surface area (Å²) in [5, 5.41) is 11.3. The molecule has 3 rings (SSSR count). The van der Waals surface area contributed by atoms with E-state index in [0.29, 0.717) is 40.8 Å². The Kier molecular flexibility index (Phi) is 6.15. The molecule has 0 fully saturated rings. The summed E-state index contributed by atoms with van der Waals surface area (Å²) in [6.45, 7) is 11.1. The van der Waals surface area contributed by atoms with Crippen LogP contribution in [0, 0.1) is 11.8 Å². The highest BCUT2D eigenvalue weighted by Crippen LogP contribution is 2.30. The molecule has 0 saturated heterocycles. The first-order valence-electron chi connectivity index (χ1n) is 9.77. The third-order valence-corrected chi connectivity index (χ3v) is 4.55.